The Hall–Kier alpha value is -1.30. The van der Waals surface area contributed by atoms with Gasteiger partial charge in [0, 0.05) is 40.5 Å². The van der Waals surface area contributed by atoms with Crippen molar-refractivity contribution >= 4 is 32.8 Å². The molecule has 5 heteroatoms. The molecular weight excluding hydrogens is 327 g/mol. The maximum atomic E-state index is 13.0. The van der Waals surface area contributed by atoms with Crippen LogP contribution in [-0.2, 0) is 6.42 Å². The zero-order chi connectivity index (χ0) is 15.8. The van der Waals surface area contributed by atoms with Gasteiger partial charge in [-0.3, -0.25) is 4.90 Å². The zero-order valence-electron chi connectivity index (χ0n) is 13.0. The van der Waals surface area contributed by atoms with Crippen LogP contribution in [0.2, 0.25) is 0 Å². The van der Waals surface area contributed by atoms with Crippen LogP contribution in [0.5, 0.6) is 0 Å². The minimum absolute atomic E-state index is 0.303. The first-order chi connectivity index (χ1) is 11.2. The second-order valence-electron chi connectivity index (χ2n) is 6.18. The topological polar surface area (TPSA) is 16.1 Å². The summed E-state index contributed by atoms with van der Waals surface area (Å²) < 4.78 is 14.3. The van der Waals surface area contributed by atoms with E-state index in [9.17, 15) is 4.39 Å². The van der Waals surface area contributed by atoms with Crippen molar-refractivity contribution in [2.75, 3.05) is 19.6 Å². The van der Waals surface area contributed by atoms with Crippen molar-refractivity contribution in [1.82, 2.24) is 9.88 Å². The SMILES string of the molecule is C[C@@H](c1cscn1)c1c(CCN2CC(F)C2)sc2ccccc12. The molecule has 0 unspecified atom stereocenters. The van der Waals surface area contributed by atoms with Crippen LogP contribution in [0.15, 0.2) is 35.2 Å². The molecule has 1 fully saturated rings. The normalized spacial score (nSPS) is 17.5. The quantitative estimate of drug-likeness (QED) is 0.665. The summed E-state index contributed by atoms with van der Waals surface area (Å²) in [4.78, 5) is 8.14. The Morgan fingerprint density at radius 2 is 2.17 bits per heavy atom. The fourth-order valence-electron chi connectivity index (χ4n) is 3.31. The van der Waals surface area contributed by atoms with Crippen LogP contribution >= 0.6 is 22.7 Å². The molecule has 0 radical (unpaired) electrons. The summed E-state index contributed by atoms with van der Waals surface area (Å²) in [7, 11) is 0. The Labute approximate surface area is 143 Å². The van der Waals surface area contributed by atoms with Gasteiger partial charge in [-0.1, -0.05) is 25.1 Å². The van der Waals surface area contributed by atoms with Gasteiger partial charge < -0.3 is 0 Å². The standard InChI is InChI=1S/C18H19FN2S2/c1-12(15-10-22-11-20-15)18-14-4-2-3-5-16(14)23-17(18)6-7-21-8-13(19)9-21/h2-5,10-13H,6-9H2,1H3/t12-/m0/s1. The molecule has 1 aliphatic rings. The van der Waals surface area contributed by atoms with Gasteiger partial charge in [0.05, 0.1) is 11.2 Å². The van der Waals surface area contributed by atoms with Gasteiger partial charge in [0.2, 0.25) is 0 Å². The van der Waals surface area contributed by atoms with Crippen LogP contribution in [0.25, 0.3) is 10.1 Å². The Bertz CT molecular complexity index is 791. The van der Waals surface area contributed by atoms with E-state index in [2.05, 4.69) is 46.5 Å². The predicted octanol–water partition coefficient (Wildman–Crippen LogP) is 4.71. The minimum atomic E-state index is -0.620. The molecule has 1 aliphatic heterocycles. The fourth-order valence-corrected chi connectivity index (χ4v) is 5.25. The summed E-state index contributed by atoms with van der Waals surface area (Å²) in [6.07, 6.45) is 0.376. The molecule has 2 aromatic heterocycles. The van der Waals surface area contributed by atoms with E-state index in [0.29, 0.717) is 19.0 Å². The van der Waals surface area contributed by atoms with Crippen molar-refractivity contribution in [3.8, 4) is 0 Å². The summed E-state index contributed by atoms with van der Waals surface area (Å²) >= 11 is 3.53. The molecule has 1 atom stereocenters. The van der Waals surface area contributed by atoms with E-state index >= 15 is 0 Å². The molecule has 3 heterocycles. The number of rotatable bonds is 5. The number of nitrogens with zero attached hydrogens (tertiary/aromatic N) is 2. The molecule has 1 saturated heterocycles. The van der Waals surface area contributed by atoms with E-state index in [0.717, 1.165) is 18.7 Å². The summed E-state index contributed by atoms with van der Waals surface area (Å²) in [6.45, 7) is 4.39. The van der Waals surface area contributed by atoms with E-state index in [1.54, 1.807) is 11.3 Å². The molecule has 23 heavy (non-hydrogen) atoms. The van der Waals surface area contributed by atoms with Gasteiger partial charge in [0.15, 0.2) is 0 Å². The van der Waals surface area contributed by atoms with E-state index in [1.807, 2.05) is 16.8 Å². The van der Waals surface area contributed by atoms with Crippen LogP contribution < -0.4 is 0 Å². The number of aromatic nitrogens is 1. The number of fused-ring (bicyclic) bond motifs is 1. The van der Waals surface area contributed by atoms with Gasteiger partial charge in [0.25, 0.3) is 0 Å². The highest BCUT2D eigenvalue weighted by atomic mass is 32.1. The highest BCUT2D eigenvalue weighted by Gasteiger charge is 2.27. The maximum Gasteiger partial charge on any atom is 0.125 e. The molecule has 0 N–H and O–H groups in total. The van der Waals surface area contributed by atoms with Crippen LogP contribution in [0, 0.1) is 0 Å². The Balaban J connectivity index is 1.66. The van der Waals surface area contributed by atoms with Crippen LogP contribution in [-0.4, -0.2) is 35.7 Å². The lowest BCUT2D eigenvalue weighted by Crippen LogP contribution is -2.48. The Kier molecular flexibility index (Phi) is 4.18. The largest absolute Gasteiger partial charge is 0.297 e. The molecule has 0 amide bonds. The molecule has 3 aromatic rings. The van der Waals surface area contributed by atoms with E-state index in [4.69, 9.17) is 0 Å². The summed E-state index contributed by atoms with van der Waals surface area (Å²) in [5.74, 6) is 0.303. The molecule has 4 rings (SSSR count). The number of benzene rings is 1. The molecule has 0 saturated carbocycles. The first-order valence-electron chi connectivity index (χ1n) is 7.97. The molecule has 0 spiro atoms. The first kappa shape index (κ1) is 15.2. The molecule has 1 aromatic carbocycles. The van der Waals surface area contributed by atoms with Crippen LogP contribution in [0.3, 0.4) is 0 Å². The van der Waals surface area contributed by atoms with Crippen molar-refractivity contribution in [3.63, 3.8) is 0 Å². The van der Waals surface area contributed by atoms with Crippen molar-refractivity contribution in [2.24, 2.45) is 0 Å². The Morgan fingerprint density at radius 1 is 1.35 bits per heavy atom. The average Bonchev–Trinajstić information content (AvgIpc) is 3.17. The lowest BCUT2D eigenvalue weighted by Gasteiger charge is -2.34. The van der Waals surface area contributed by atoms with Gasteiger partial charge in [-0.05, 0) is 23.4 Å². The second kappa shape index (κ2) is 6.30. The molecule has 120 valence electrons. The summed E-state index contributed by atoms with van der Waals surface area (Å²) in [5.41, 5.74) is 4.46. The van der Waals surface area contributed by atoms with Crippen LogP contribution in [0.4, 0.5) is 4.39 Å². The third kappa shape index (κ3) is 2.93. The number of halogens is 1. The third-order valence-corrected chi connectivity index (χ3v) is 6.46. The molecule has 0 aliphatic carbocycles. The fraction of sp³-hybridized carbons (Fsp3) is 0.389. The summed E-state index contributed by atoms with van der Waals surface area (Å²) in [5, 5.41) is 3.49. The lowest BCUT2D eigenvalue weighted by atomic mass is 9.94. The monoisotopic (exact) mass is 346 g/mol. The van der Waals surface area contributed by atoms with Gasteiger partial charge in [0.1, 0.15) is 6.17 Å². The Morgan fingerprint density at radius 3 is 2.91 bits per heavy atom. The summed E-state index contributed by atoms with van der Waals surface area (Å²) in [6, 6.07) is 8.62. The first-order valence-corrected chi connectivity index (χ1v) is 9.73. The molecule has 2 nitrogen and oxygen atoms in total. The third-order valence-electron chi connectivity index (χ3n) is 4.61. The number of likely N-dealkylation sites (tertiary alicyclic amines) is 1. The predicted molar refractivity (Wildman–Crippen MR) is 96.5 cm³/mol. The van der Waals surface area contributed by atoms with Gasteiger partial charge in [-0.2, -0.15) is 0 Å². The number of thiazole rings is 1. The number of alkyl halides is 1. The highest BCUT2D eigenvalue weighted by molar-refractivity contribution is 7.19. The second-order valence-corrected chi connectivity index (χ2v) is 8.03. The van der Waals surface area contributed by atoms with Gasteiger partial charge >= 0.3 is 0 Å². The molecule has 0 bridgehead atoms. The number of hydrogen-bond acceptors (Lipinski definition) is 4. The van der Waals surface area contributed by atoms with Gasteiger partial charge in [-0.15, -0.1) is 22.7 Å². The van der Waals surface area contributed by atoms with Gasteiger partial charge in [-0.25, -0.2) is 9.37 Å². The smallest absolute Gasteiger partial charge is 0.125 e. The van der Waals surface area contributed by atoms with Crippen molar-refractivity contribution in [2.45, 2.75) is 25.4 Å². The van der Waals surface area contributed by atoms with Crippen LogP contribution in [0.1, 0.15) is 29.0 Å². The van der Waals surface area contributed by atoms with Crippen molar-refractivity contribution < 1.29 is 4.39 Å². The van der Waals surface area contributed by atoms with E-state index in [1.165, 1.54) is 20.5 Å². The minimum Gasteiger partial charge on any atom is -0.297 e. The van der Waals surface area contributed by atoms with Crippen molar-refractivity contribution in [3.05, 3.63) is 51.3 Å². The van der Waals surface area contributed by atoms with Crippen molar-refractivity contribution in [1.29, 1.82) is 0 Å². The molecular formula is C18H19FN2S2. The highest BCUT2D eigenvalue weighted by Crippen LogP contribution is 2.39. The number of hydrogen-bond donors (Lipinski definition) is 0. The number of thiophene rings is 1. The van der Waals surface area contributed by atoms with E-state index in [-0.39, 0.29) is 0 Å². The maximum absolute atomic E-state index is 13.0. The lowest BCUT2D eigenvalue weighted by molar-refractivity contribution is 0.0672. The zero-order valence-corrected chi connectivity index (χ0v) is 14.7. The average molecular weight is 346 g/mol. The van der Waals surface area contributed by atoms with E-state index < -0.39 is 6.17 Å².